The van der Waals surface area contributed by atoms with Gasteiger partial charge in [-0.15, -0.1) is 0 Å². The number of nitrogens with one attached hydrogen (secondary N) is 1. The van der Waals surface area contributed by atoms with Crippen molar-refractivity contribution in [2.45, 2.75) is 0 Å². The van der Waals surface area contributed by atoms with E-state index in [1.165, 1.54) is 30.7 Å². The summed E-state index contributed by atoms with van der Waals surface area (Å²) in [5.41, 5.74) is 1.37. The molecule has 1 aromatic carbocycles. The molecular weight excluding hydrogens is 322 g/mol. The SMILES string of the molecule is CN(/N=C/c1ccc(C(=O)NO)cc1F)C(=O)c1ccnc(F)c1. The molecule has 0 fully saturated rings. The van der Waals surface area contributed by atoms with Gasteiger partial charge in [0.05, 0.1) is 6.21 Å². The van der Waals surface area contributed by atoms with Crippen molar-refractivity contribution in [3.63, 3.8) is 0 Å². The molecule has 0 spiro atoms. The molecule has 2 rings (SSSR count). The van der Waals surface area contributed by atoms with E-state index in [0.29, 0.717) is 0 Å². The minimum Gasteiger partial charge on any atom is -0.288 e. The molecule has 2 N–H and O–H groups in total. The number of pyridine rings is 1. The lowest BCUT2D eigenvalue weighted by molar-refractivity contribution is 0.0705. The number of hydrogen-bond donors (Lipinski definition) is 2. The first-order chi connectivity index (χ1) is 11.4. The Kier molecular flexibility index (Phi) is 5.27. The van der Waals surface area contributed by atoms with Crippen molar-refractivity contribution in [3.05, 3.63) is 65.0 Å². The molecule has 0 saturated carbocycles. The molecule has 0 atom stereocenters. The molecule has 0 unspecified atom stereocenters. The number of hydrogen-bond acceptors (Lipinski definition) is 5. The van der Waals surface area contributed by atoms with Crippen molar-refractivity contribution in [1.29, 1.82) is 0 Å². The number of aromatic nitrogens is 1. The first-order valence-corrected chi connectivity index (χ1v) is 6.60. The smallest absolute Gasteiger partial charge is 0.274 e. The second kappa shape index (κ2) is 7.38. The highest BCUT2D eigenvalue weighted by Crippen LogP contribution is 2.10. The van der Waals surface area contributed by atoms with Gasteiger partial charge in [-0.1, -0.05) is 0 Å². The number of amides is 2. The predicted molar refractivity (Wildman–Crippen MR) is 79.5 cm³/mol. The lowest BCUT2D eigenvalue weighted by Crippen LogP contribution is -2.21. The molecule has 0 bridgehead atoms. The molecule has 124 valence electrons. The largest absolute Gasteiger partial charge is 0.288 e. The molecule has 2 aromatic rings. The fourth-order valence-corrected chi connectivity index (χ4v) is 1.76. The molecule has 24 heavy (non-hydrogen) atoms. The van der Waals surface area contributed by atoms with Crippen LogP contribution in [0.2, 0.25) is 0 Å². The molecule has 1 aromatic heterocycles. The van der Waals surface area contributed by atoms with E-state index in [-0.39, 0.29) is 16.7 Å². The van der Waals surface area contributed by atoms with E-state index in [2.05, 4.69) is 10.1 Å². The zero-order chi connectivity index (χ0) is 17.7. The van der Waals surface area contributed by atoms with Crippen molar-refractivity contribution in [2.24, 2.45) is 5.10 Å². The van der Waals surface area contributed by atoms with Gasteiger partial charge in [0.2, 0.25) is 5.95 Å². The van der Waals surface area contributed by atoms with Crippen LogP contribution in [0.15, 0.2) is 41.6 Å². The van der Waals surface area contributed by atoms with Crippen LogP contribution in [0.1, 0.15) is 26.3 Å². The second-order valence-electron chi connectivity index (χ2n) is 4.62. The summed E-state index contributed by atoms with van der Waals surface area (Å²) < 4.78 is 26.9. The molecule has 0 aliphatic heterocycles. The molecule has 0 aliphatic rings. The lowest BCUT2D eigenvalue weighted by atomic mass is 10.1. The van der Waals surface area contributed by atoms with Crippen molar-refractivity contribution in [2.75, 3.05) is 7.05 Å². The summed E-state index contributed by atoms with van der Waals surface area (Å²) in [4.78, 5) is 26.5. The molecule has 7 nitrogen and oxygen atoms in total. The average molecular weight is 334 g/mol. The van der Waals surface area contributed by atoms with Gasteiger partial charge in [0.1, 0.15) is 5.82 Å². The Balaban J connectivity index is 2.15. The number of rotatable bonds is 4. The molecule has 2 amide bonds. The number of nitrogens with zero attached hydrogens (tertiary/aromatic N) is 3. The summed E-state index contributed by atoms with van der Waals surface area (Å²) in [6.45, 7) is 0. The van der Waals surface area contributed by atoms with E-state index in [4.69, 9.17) is 5.21 Å². The van der Waals surface area contributed by atoms with Gasteiger partial charge in [0.15, 0.2) is 0 Å². The Hall–Kier alpha value is -3.20. The molecule has 0 saturated heterocycles. The minimum atomic E-state index is -0.857. The van der Waals surface area contributed by atoms with Gasteiger partial charge in [0, 0.05) is 36.0 Å². The van der Waals surface area contributed by atoms with Gasteiger partial charge >= 0.3 is 0 Å². The van der Waals surface area contributed by atoms with Crippen LogP contribution in [0.3, 0.4) is 0 Å². The predicted octanol–water partition coefficient (Wildman–Crippen LogP) is 1.58. The third kappa shape index (κ3) is 3.96. The van der Waals surface area contributed by atoms with Gasteiger partial charge in [-0.05, 0) is 24.3 Å². The Labute approximate surface area is 135 Å². The van der Waals surface area contributed by atoms with Crippen LogP contribution in [-0.4, -0.2) is 40.3 Å². The number of halogens is 2. The highest BCUT2D eigenvalue weighted by molar-refractivity contribution is 5.95. The monoisotopic (exact) mass is 334 g/mol. The zero-order valence-corrected chi connectivity index (χ0v) is 12.4. The summed E-state index contributed by atoms with van der Waals surface area (Å²) in [6.07, 6.45) is 2.22. The summed E-state index contributed by atoms with van der Waals surface area (Å²) in [6, 6.07) is 5.72. The Morgan fingerprint density at radius 2 is 2.00 bits per heavy atom. The molecule has 0 radical (unpaired) electrons. The van der Waals surface area contributed by atoms with Crippen LogP contribution in [0.4, 0.5) is 8.78 Å². The van der Waals surface area contributed by atoms with E-state index in [1.54, 1.807) is 0 Å². The van der Waals surface area contributed by atoms with Crippen LogP contribution in [0.5, 0.6) is 0 Å². The van der Waals surface area contributed by atoms with Crippen LogP contribution in [-0.2, 0) is 0 Å². The maximum atomic E-state index is 13.9. The number of carbonyl (C=O) groups excluding carboxylic acids is 2. The van der Waals surface area contributed by atoms with Gasteiger partial charge in [-0.2, -0.15) is 9.49 Å². The molecule has 9 heteroatoms. The number of benzene rings is 1. The first-order valence-electron chi connectivity index (χ1n) is 6.60. The Morgan fingerprint density at radius 3 is 2.62 bits per heavy atom. The average Bonchev–Trinajstić information content (AvgIpc) is 2.58. The first kappa shape index (κ1) is 17.2. The quantitative estimate of drug-likeness (QED) is 0.384. The van der Waals surface area contributed by atoms with Gasteiger partial charge in [-0.3, -0.25) is 14.8 Å². The van der Waals surface area contributed by atoms with Crippen molar-refractivity contribution in [3.8, 4) is 0 Å². The van der Waals surface area contributed by atoms with Crippen molar-refractivity contribution >= 4 is 18.0 Å². The van der Waals surface area contributed by atoms with Crippen LogP contribution in [0, 0.1) is 11.8 Å². The number of hydroxylamine groups is 1. The van der Waals surface area contributed by atoms with Gasteiger partial charge < -0.3 is 0 Å². The van der Waals surface area contributed by atoms with Gasteiger partial charge in [0.25, 0.3) is 11.8 Å². The number of hydrazone groups is 1. The topological polar surface area (TPSA) is 94.9 Å². The van der Waals surface area contributed by atoms with Crippen LogP contribution >= 0.6 is 0 Å². The van der Waals surface area contributed by atoms with Crippen LogP contribution < -0.4 is 5.48 Å². The van der Waals surface area contributed by atoms with Crippen LogP contribution in [0.25, 0.3) is 0 Å². The minimum absolute atomic E-state index is 0.0186. The molecule has 0 aliphatic carbocycles. The zero-order valence-electron chi connectivity index (χ0n) is 12.4. The maximum absolute atomic E-state index is 13.9. The second-order valence-corrected chi connectivity index (χ2v) is 4.62. The third-order valence-electron chi connectivity index (χ3n) is 3.00. The van der Waals surface area contributed by atoms with E-state index in [1.807, 2.05) is 0 Å². The summed E-state index contributed by atoms with van der Waals surface area (Å²) >= 11 is 0. The fraction of sp³-hybridized carbons (Fsp3) is 0.0667. The Bertz CT molecular complexity index is 811. The van der Waals surface area contributed by atoms with Crippen molar-refractivity contribution in [1.82, 2.24) is 15.5 Å². The maximum Gasteiger partial charge on any atom is 0.274 e. The Morgan fingerprint density at radius 1 is 1.25 bits per heavy atom. The molecule has 1 heterocycles. The van der Waals surface area contributed by atoms with E-state index in [0.717, 1.165) is 29.6 Å². The normalized spacial score (nSPS) is 10.7. The standard InChI is InChI=1S/C15H12F2N4O3/c1-21(15(23)10-4-5-18-13(17)7-10)19-8-11-3-2-9(6-12(11)16)14(22)20-24/h2-8,24H,1H3,(H,20,22)/b19-8+. The van der Waals surface area contributed by atoms with E-state index >= 15 is 0 Å². The van der Waals surface area contributed by atoms with Gasteiger partial charge in [-0.25, -0.2) is 19.9 Å². The summed E-state index contributed by atoms with van der Waals surface area (Å²) in [7, 11) is 1.32. The van der Waals surface area contributed by atoms with Crippen molar-refractivity contribution < 1.29 is 23.6 Å². The summed E-state index contributed by atoms with van der Waals surface area (Å²) in [5, 5.41) is 13.2. The third-order valence-corrected chi connectivity index (χ3v) is 3.00. The van der Waals surface area contributed by atoms with E-state index < -0.39 is 23.6 Å². The summed E-state index contributed by atoms with van der Waals surface area (Å²) in [5.74, 6) is -3.04. The fourth-order valence-electron chi connectivity index (χ4n) is 1.76. The number of carbonyl (C=O) groups is 2. The van der Waals surface area contributed by atoms with E-state index in [9.17, 15) is 18.4 Å². The molecular formula is C15H12F2N4O3. The lowest BCUT2D eigenvalue weighted by Gasteiger charge is -2.10. The highest BCUT2D eigenvalue weighted by Gasteiger charge is 2.12. The highest BCUT2D eigenvalue weighted by atomic mass is 19.1.